The van der Waals surface area contributed by atoms with Gasteiger partial charge in [-0.15, -0.1) is 0 Å². The second kappa shape index (κ2) is 12.1. The van der Waals surface area contributed by atoms with Gasteiger partial charge in [0.1, 0.15) is 22.8 Å². The fourth-order valence-corrected chi connectivity index (χ4v) is 7.65. The van der Waals surface area contributed by atoms with E-state index in [9.17, 15) is 14.2 Å². The zero-order chi connectivity index (χ0) is 27.3. The Morgan fingerprint density at radius 1 is 0.861 bits per heavy atom. The van der Waals surface area contributed by atoms with Crippen molar-refractivity contribution in [3.05, 3.63) is 52.6 Å². The van der Waals surface area contributed by atoms with Crippen LogP contribution in [0.5, 0.6) is 17.2 Å². The van der Waals surface area contributed by atoms with Crippen LogP contribution in [0, 0.1) is 11.3 Å². The number of carbonyl (C=O) groups is 2. The molecule has 2 aromatic carbocycles. The monoisotopic (exact) mass is 516 g/mol. The van der Waals surface area contributed by atoms with Gasteiger partial charge < -0.3 is 18.8 Å². The number of aryl methyl sites for hydroxylation is 2. The third-order valence-corrected chi connectivity index (χ3v) is 9.22. The molecule has 2 unspecified atom stereocenters. The Balaban J connectivity index is 2.81. The second-order valence-electron chi connectivity index (χ2n) is 10.5. The number of methoxy groups -OCH3 is 3. The molecule has 0 saturated heterocycles. The Kier molecular flexibility index (Phi) is 9.96. The van der Waals surface area contributed by atoms with Crippen LogP contribution in [0.4, 0.5) is 0 Å². The van der Waals surface area contributed by atoms with E-state index in [2.05, 4.69) is 20.8 Å². The summed E-state index contributed by atoms with van der Waals surface area (Å²) in [7, 11) is 0.179. The van der Waals surface area contributed by atoms with Gasteiger partial charge in [0.2, 0.25) is 18.2 Å². The van der Waals surface area contributed by atoms with Crippen molar-refractivity contribution >= 4 is 18.2 Å². The molecular formula is C29H41O6P. The van der Waals surface area contributed by atoms with Crippen LogP contribution in [0.3, 0.4) is 0 Å². The molecule has 2 aromatic rings. The quantitative estimate of drug-likeness (QED) is 0.276. The standard InChI is InChI=1S/C29H41O6P/c1-10-20-13-12-14-21(11-2)25(20)27(30)36(32,18-19(3)17-29(4,5)6)28(31)26-23(34-8)15-22(33-7)16-24(26)35-9/h12-16,19H,10-11,17-18H2,1-9H3. The molecule has 6 nitrogen and oxygen atoms in total. The van der Waals surface area contributed by atoms with Crippen molar-refractivity contribution in [3.8, 4) is 17.2 Å². The summed E-state index contributed by atoms with van der Waals surface area (Å²) in [6.07, 6.45) is 1.87. The first-order chi connectivity index (χ1) is 16.9. The summed E-state index contributed by atoms with van der Waals surface area (Å²) in [5, 5.41) is 0. The van der Waals surface area contributed by atoms with E-state index < -0.39 is 18.2 Å². The smallest absolute Gasteiger partial charge is 0.236 e. The zero-order valence-electron chi connectivity index (χ0n) is 23.2. The molecule has 2 atom stereocenters. The maximum Gasteiger partial charge on any atom is 0.236 e. The molecule has 0 aliphatic heterocycles. The fourth-order valence-electron chi connectivity index (χ4n) is 4.90. The van der Waals surface area contributed by atoms with E-state index in [0.29, 0.717) is 30.6 Å². The number of rotatable bonds is 12. The average Bonchev–Trinajstić information content (AvgIpc) is 2.84. The number of ether oxygens (including phenoxy) is 3. The first-order valence-electron chi connectivity index (χ1n) is 12.5. The Hall–Kier alpha value is -2.59. The van der Waals surface area contributed by atoms with Crippen LogP contribution in [-0.2, 0) is 17.4 Å². The predicted molar refractivity (Wildman–Crippen MR) is 146 cm³/mol. The van der Waals surface area contributed by atoms with Gasteiger partial charge in [-0.25, -0.2) is 0 Å². The second-order valence-corrected chi connectivity index (χ2v) is 13.1. The van der Waals surface area contributed by atoms with Crippen LogP contribution in [0.2, 0.25) is 0 Å². The summed E-state index contributed by atoms with van der Waals surface area (Å²) >= 11 is 0. The fraction of sp³-hybridized carbons (Fsp3) is 0.517. The van der Waals surface area contributed by atoms with Crippen LogP contribution in [0.1, 0.15) is 79.8 Å². The summed E-state index contributed by atoms with van der Waals surface area (Å²) in [6, 6.07) is 8.73. The van der Waals surface area contributed by atoms with E-state index in [0.717, 1.165) is 11.1 Å². The predicted octanol–water partition coefficient (Wildman–Crippen LogP) is 7.25. The average molecular weight is 517 g/mol. The third-order valence-electron chi connectivity index (χ3n) is 6.33. The molecule has 0 aromatic heterocycles. The largest absolute Gasteiger partial charge is 0.496 e. The van der Waals surface area contributed by atoms with Crippen molar-refractivity contribution in [1.29, 1.82) is 0 Å². The van der Waals surface area contributed by atoms with Crippen LogP contribution in [0.25, 0.3) is 0 Å². The minimum atomic E-state index is -4.15. The van der Waals surface area contributed by atoms with Gasteiger partial charge >= 0.3 is 0 Å². The summed E-state index contributed by atoms with van der Waals surface area (Å²) in [4.78, 5) is 28.5. The molecular weight excluding hydrogens is 475 g/mol. The molecule has 0 amide bonds. The first kappa shape index (κ1) is 29.6. The SMILES string of the molecule is CCc1cccc(CC)c1C(=O)P(=O)(CC(C)CC(C)(C)C)C(=O)c1c(OC)cc(OC)cc1OC. The van der Waals surface area contributed by atoms with Gasteiger partial charge in [0.05, 0.1) is 21.3 Å². The van der Waals surface area contributed by atoms with Crippen LogP contribution >= 0.6 is 7.14 Å². The highest BCUT2D eigenvalue weighted by atomic mass is 31.2. The minimum absolute atomic E-state index is 0.00692. The van der Waals surface area contributed by atoms with E-state index in [1.165, 1.54) is 21.3 Å². The van der Waals surface area contributed by atoms with Crippen molar-refractivity contribution in [2.24, 2.45) is 11.3 Å². The summed E-state index contributed by atoms with van der Waals surface area (Å²) in [5.41, 5.74) is 0.636. The van der Waals surface area contributed by atoms with Crippen molar-refractivity contribution in [1.82, 2.24) is 0 Å². The highest BCUT2D eigenvalue weighted by Gasteiger charge is 2.45. The van der Waals surface area contributed by atoms with Crippen molar-refractivity contribution in [2.75, 3.05) is 27.5 Å². The lowest BCUT2D eigenvalue weighted by Crippen LogP contribution is -2.22. The first-order valence-corrected chi connectivity index (χ1v) is 14.4. The van der Waals surface area contributed by atoms with Gasteiger partial charge in [-0.1, -0.05) is 59.7 Å². The molecule has 0 radical (unpaired) electrons. The normalized spacial score (nSPS) is 14.0. The Labute approximate surface area is 216 Å². The molecule has 0 aliphatic rings. The highest BCUT2D eigenvalue weighted by Crippen LogP contribution is 2.57. The van der Waals surface area contributed by atoms with Crippen LogP contribution in [-0.4, -0.2) is 38.5 Å². The van der Waals surface area contributed by atoms with Crippen LogP contribution in [0.15, 0.2) is 30.3 Å². The molecule has 0 aliphatic carbocycles. The molecule has 198 valence electrons. The molecule has 0 heterocycles. The lowest BCUT2D eigenvalue weighted by atomic mass is 9.86. The summed E-state index contributed by atoms with van der Waals surface area (Å²) in [5.74, 6) is 0.615. The van der Waals surface area contributed by atoms with Crippen molar-refractivity contribution < 1.29 is 28.4 Å². The molecule has 36 heavy (non-hydrogen) atoms. The van der Waals surface area contributed by atoms with Gasteiger partial charge in [0.25, 0.3) is 0 Å². The Morgan fingerprint density at radius 3 is 1.72 bits per heavy atom. The lowest BCUT2D eigenvalue weighted by molar-refractivity contribution is 0.103. The van der Waals surface area contributed by atoms with Gasteiger partial charge in [-0.3, -0.25) is 9.59 Å². The summed E-state index contributed by atoms with van der Waals surface area (Å²) in [6.45, 7) is 12.1. The summed E-state index contributed by atoms with van der Waals surface area (Å²) < 4.78 is 31.2. The molecule has 0 N–H and O–H groups in total. The number of carbonyl (C=O) groups excluding carboxylic acids is 2. The lowest BCUT2D eigenvalue weighted by Gasteiger charge is -2.27. The Bertz CT molecular complexity index is 1100. The number of benzene rings is 2. The molecule has 0 bridgehead atoms. The number of hydrogen-bond donors (Lipinski definition) is 0. The minimum Gasteiger partial charge on any atom is -0.496 e. The van der Waals surface area contributed by atoms with E-state index in [1.54, 1.807) is 12.1 Å². The van der Waals surface area contributed by atoms with E-state index in [1.807, 2.05) is 39.0 Å². The molecule has 7 heteroatoms. The van der Waals surface area contributed by atoms with E-state index >= 15 is 0 Å². The van der Waals surface area contributed by atoms with Gasteiger partial charge in [-0.05, 0) is 41.7 Å². The van der Waals surface area contributed by atoms with E-state index in [4.69, 9.17) is 14.2 Å². The molecule has 2 rings (SSSR count). The molecule has 0 spiro atoms. The van der Waals surface area contributed by atoms with Crippen molar-refractivity contribution in [3.63, 3.8) is 0 Å². The highest BCUT2D eigenvalue weighted by molar-refractivity contribution is 7.95. The molecule has 0 fully saturated rings. The Morgan fingerprint density at radius 2 is 1.33 bits per heavy atom. The van der Waals surface area contributed by atoms with Gasteiger partial charge in [-0.2, -0.15) is 0 Å². The topological polar surface area (TPSA) is 78.9 Å². The van der Waals surface area contributed by atoms with Crippen LogP contribution < -0.4 is 14.2 Å². The molecule has 0 saturated carbocycles. The van der Waals surface area contributed by atoms with Gasteiger partial charge in [0, 0.05) is 23.9 Å². The van der Waals surface area contributed by atoms with Crippen molar-refractivity contribution in [2.45, 2.75) is 60.8 Å². The third kappa shape index (κ3) is 6.39. The number of hydrogen-bond acceptors (Lipinski definition) is 6. The maximum atomic E-state index is 14.9. The van der Waals surface area contributed by atoms with Gasteiger partial charge in [0.15, 0.2) is 0 Å². The zero-order valence-corrected chi connectivity index (χ0v) is 24.1. The van der Waals surface area contributed by atoms with E-state index in [-0.39, 0.29) is 34.6 Å². The maximum absolute atomic E-state index is 14.9.